The molecule has 0 saturated heterocycles. The Kier molecular flexibility index (Phi) is 3.98. The summed E-state index contributed by atoms with van der Waals surface area (Å²) in [6.45, 7) is 1.93. The lowest BCUT2D eigenvalue weighted by Gasteiger charge is -2.02. The van der Waals surface area contributed by atoms with E-state index in [9.17, 15) is 9.18 Å². The lowest BCUT2D eigenvalue weighted by Crippen LogP contribution is -2.00. The van der Waals surface area contributed by atoms with Crippen molar-refractivity contribution in [3.8, 4) is 0 Å². The van der Waals surface area contributed by atoms with Gasteiger partial charge in [0.05, 0.1) is 10.6 Å². The van der Waals surface area contributed by atoms with Crippen LogP contribution in [0.2, 0.25) is 0 Å². The summed E-state index contributed by atoms with van der Waals surface area (Å²) < 4.78 is 13.2. The molecule has 0 amide bonds. The number of benzene rings is 1. The van der Waals surface area contributed by atoms with Crippen molar-refractivity contribution in [1.82, 2.24) is 4.98 Å². The van der Waals surface area contributed by atoms with Gasteiger partial charge in [-0.3, -0.25) is 0 Å². The maximum absolute atomic E-state index is 13.2. The number of rotatable bonds is 4. The zero-order valence-electron chi connectivity index (χ0n) is 9.51. The molecule has 0 saturated carbocycles. The Hall–Kier alpha value is -1.40. The molecule has 0 atom stereocenters. The van der Waals surface area contributed by atoms with Crippen molar-refractivity contribution in [2.75, 3.05) is 0 Å². The number of aromatic nitrogens is 1. The van der Waals surface area contributed by atoms with Crippen LogP contribution in [0.15, 0.2) is 29.3 Å². The quantitative estimate of drug-likeness (QED) is 0.871. The van der Waals surface area contributed by atoms with Gasteiger partial charge in [0.25, 0.3) is 0 Å². The molecule has 2 aromatic rings. The van der Waals surface area contributed by atoms with Gasteiger partial charge in [-0.25, -0.2) is 14.2 Å². The first-order chi connectivity index (χ1) is 8.56. The Morgan fingerprint density at radius 3 is 2.94 bits per heavy atom. The van der Waals surface area contributed by atoms with Crippen LogP contribution in [0.25, 0.3) is 0 Å². The van der Waals surface area contributed by atoms with Crippen molar-refractivity contribution in [2.45, 2.75) is 17.6 Å². The SMILES string of the molecule is Cc1ncc(CSc2ccc(F)c(C(=O)O)c2)s1. The largest absolute Gasteiger partial charge is 0.478 e. The van der Waals surface area contributed by atoms with Crippen LogP contribution in [0.4, 0.5) is 4.39 Å². The van der Waals surface area contributed by atoms with Crippen LogP contribution in [0.5, 0.6) is 0 Å². The standard InChI is InChI=1S/C12H10FNO2S2/c1-7-14-5-9(18-7)6-17-8-2-3-11(13)10(4-8)12(15)16/h2-5H,6H2,1H3,(H,15,16). The van der Waals surface area contributed by atoms with Gasteiger partial charge in [-0.1, -0.05) is 0 Å². The van der Waals surface area contributed by atoms with Crippen molar-refractivity contribution in [3.05, 3.63) is 45.7 Å². The fourth-order valence-corrected chi connectivity index (χ4v) is 3.14. The van der Waals surface area contributed by atoms with E-state index >= 15 is 0 Å². The molecule has 0 fully saturated rings. The van der Waals surface area contributed by atoms with Crippen LogP contribution in [-0.2, 0) is 5.75 Å². The number of carboxylic acids is 1. The van der Waals surface area contributed by atoms with Gasteiger partial charge in [0, 0.05) is 21.7 Å². The number of carbonyl (C=O) groups is 1. The first-order valence-corrected chi connectivity index (χ1v) is 6.93. The number of thioether (sulfide) groups is 1. The Morgan fingerprint density at radius 1 is 1.56 bits per heavy atom. The summed E-state index contributed by atoms with van der Waals surface area (Å²) in [5.74, 6) is -1.25. The second-order valence-electron chi connectivity index (χ2n) is 3.58. The molecule has 0 aliphatic rings. The van der Waals surface area contributed by atoms with Gasteiger partial charge in [0.15, 0.2) is 0 Å². The first kappa shape index (κ1) is 13.0. The van der Waals surface area contributed by atoms with Crippen LogP contribution < -0.4 is 0 Å². The summed E-state index contributed by atoms with van der Waals surface area (Å²) in [4.78, 5) is 16.8. The highest BCUT2D eigenvalue weighted by atomic mass is 32.2. The number of aryl methyl sites for hydroxylation is 1. The summed E-state index contributed by atoms with van der Waals surface area (Å²) >= 11 is 3.07. The Balaban J connectivity index is 2.10. The molecule has 18 heavy (non-hydrogen) atoms. The molecule has 1 aromatic carbocycles. The first-order valence-electron chi connectivity index (χ1n) is 5.13. The maximum atomic E-state index is 13.2. The van der Waals surface area contributed by atoms with Crippen molar-refractivity contribution in [2.24, 2.45) is 0 Å². The predicted molar refractivity (Wildman–Crippen MR) is 69.8 cm³/mol. The summed E-state index contributed by atoms with van der Waals surface area (Å²) in [6, 6.07) is 4.13. The van der Waals surface area contributed by atoms with E-state index in [0.717, 1.165) is 14.8 Å². The van der Waals surface area contributed by atoms with Crippen LogP contribution in [0.3, 0.4) is 0 Å². The molecule has 2 rings (SSSR count). The molecule has 1 aromatic heterocycles. The second-order valence-corrected chi connectivity index (χ2v) is 5.95. The number of carboxylic acid groups (broad SMARTS) is 1. The van der Waals surface area contributed by atoms with E-state index in [0.29, 0.717) is 5.75 Å². The van der Waals surface area contributed by atoms with Crippen LogP contribution >= 0.6 is 23.1 Å². The molecular formula is C12H10FNO2S2. The highest BCUT2D eigenvalue weighted by Crippen LogP contribution is 2.27. The Labute approximate surface area is 112 Å². The molecule has 0 aliphatic heterocycles. The molecule has 1 N–H and O–H groups in total. The minimum absolute atomic E-state index is 0.291. The van der Waals surface area contributed by atoms with E-state index in [1.807, 2.05) is 6.92 Å². The number of aromatic carboxylic acids is 1. The molecule has 94 valence electrons. The highest BCUT2D eigenvalue weighted by Gasteiger charge is 2.11. The molecule has 1 heterocycles. The van der Waals surface area contributed by atoms with Crippen molar-refractivity contribution < 1.29 is 14.3 Å². The van der Waals surface area contributed by atoms with E-state index < -0.39 is 11.8 Å². The third-order valence-corrected chi connectivity index (χ3v) is 4.36. The van der Waals surface area contributed by atoms with Crippen LogP contribution in [0, 0.1) is 12.7 Å². The monoisotopic (exact) mass is 283 g/mol. The number of thiazole rings is 1. The zero-order chi connectivity index (χ0) is 13.1. The second kappa shape index (κ2) is 5.49. The number of hydrogen-bond donors (Lipinski definition) is 1. The molecule has 3 nitrogen and oxygen atoms in total. The maximum Gasteiger partial charge on any atom is 0.338 e. The third kappa shape index (κ3) is 3.08. The predicted octanol–water partition coefficient (Wildman–Crippen LogP) is 3.58. The molecule has 0 aliphatic carbocycles. The number of hydrogen-bond acceptors (Lipinski definition) is 4. The van der Waals surface area contributed by atoms with Crippen LogP contribution in [0.1, 0.15) is 20.2 Å². The molecule has 0 unspecified atom stereocenters. The Bertz CT molecular complexity index is 583. The third-order valence-electron chi connectivity index (χ3n) is 2.22. The fraction of sp³-hybridized carbons (Fsp3) is 0.167. The minimum atomic E-state index is -1.25. The average molecular weight is 283 g/mol. The van der Waals surface area contributed by atoms with E-state index in [1.165, 1.54) is 23.9 Å². The lowest BCUT2D eigenvalue weighted by atomic mass is 10.2. The van der Waals surface area contributed by atoms with Gasteiger partial charge in [0.1, 0.15) is 5.82 Å². The van der Waals surface area contributed by atoms with Crippen molar-refractivity contribution in [3.63, 3.8) is 0 Å². The van der Waals surface area contributed by atoms with Gasteiger partial charge >= 0.3 is 5.97 Å². The molecule has 0 bridgehead atoms. The van der Waals surface area contributed by atoms with Crippen molar-refractivity contribution >= 4 is 29.1 Å². The minimum Gasteiger partial charge on any atom is -0.478 e. The summed E-state index contributed by atoms with van der Waals surface area (Å²) in [7, 11) is 0. The topological polar surface area (TPSA) is 50.2 Å². The van der Waals surface area contributed by atoms with Crippen molar-refractivity contribution in [1.29, 1.82) is 0 Å². The van der Waals surface area contributed by atoms with E-state index in [2.05, 4.69) is 4.98 Å². The number of nitrogens with zero attached hydrogens (tertiary/aromatic N) is 1. The number of halogens is 1. The molecule has 6 heteroatoms. The van der Waals surface area contributed by atoms with Crippen LogP contribution in [-0.4, -0.2) is 16.1 Å². The smallest absolute Gasteiger partial charge is 0.338 e. The Morgan fingerprint density at radius 2 is 2.33 bits per heavy atom. The van der Waals surface area contributed by atoms with E-state index in [1.54, 1.807) is 23.6 Å². The molecule has 0 spiro atoms. The lowest BCUT2D eigenvalue weighted by molar-refractivity contribution is 0.0691. The average Bonchev–Trinajstić information content (AvgIpc) is 2.74. The van der Waals surface area contributed by atoms with Gasteiger partial charge in [-0.05, 0) is 25.1 Å². The summed E-state index contributed by atoms with van der Waals surface area (Å²) in [6.07, 6.45) is 1.80. The summed E-state index contributed by atoms with van der Waals surface area (Å²) in [5.41, 5.74) is -0.291. The molecular weight excluding hydrogens is 273 g/mol. The fourth-order valence-electron chi connectivity index (χ4n) is 1.38. The highest BCUT2D eigenvalue weighted by molar-refractivity contribution is 7.98. The van der Waals surface area contributed by atoms with Gasteiger partial charge in [0.2, 0.25) is 0 Å². The molecule has 0 radical (unpaired) electrons. The van der Waals surface area contributed by atoms with Gasteiger partial charge < -0.3 is 5.11 Å². The van der Waals surface area contributed by atoms with Gasteiger partial charge in [-0.15, -0.1) is 23.1 Å². The van der Waals surface area contributed by atoms with Gasteiger partial charge in [-0.2, -0.15) is 0 Å². The van der Waals surface area contributed by atoms with E-state index in [4.69, 9.17) is 5.11 Å². The normalized spacial score (nSPS) is 10.6. The van der Waals surface area contributed by atoms with E-state index in [-0.39, 0.29) is 5.56 Å². The summed E-state index contributed by atoms with van der Waals surface area (Å²) in [5, 5.41) is 9.82. The zero-order valence-corrected chi connectivity index (χ0v) is 11.1.